The number of piperidine rings is 1. The van der Waals surface area contributed by atoms with Crippen molar-refractivity contribution in [2.75, 3.05) is 13.1 Å². The first-order valence-electron chi connectivity index (χ1n) is 5.62. The van der Waals surface area contributed by atoms with E-state index in [0.717, 1.165) is 0 Å². The fraction of sp³-hybridized carbons (Fsp3) is 0.545. The smallest absolute Gasteiger partial charge is 0.322 e. The molecule has 2 rings (SSSR count). The highest BCUT2D eigenvalue weighted by molar-refractivity contribution is 6.07. The van der Waals surface area contributed by atoms with Crippen LogP contribution in [0.5, 0.6) is 0 Å². The average Bonchev–Trinajstić information content (AvgIpc) is 2.55. The summed E-state index contributed by atoms with van der Waals surface area (Å²) in [6, 6.07) is -0.441. The maximum atomic E-state index is 11.7. The molecule has 0 aliphatic carbocycles. The van der Waals surface area contributed by atoms with E-state index >= 15 is 0 Å². The molecule has 2 fully saturated rings. The Labute approximate surface area is 99.0 Å². The Balaban J connectivity index is 2.01. The van der Waals surface area contributed by atoms with Crippen LogP contribution in [0.4, 0.5) is 4.79 Å². The molecule has 1 spiro atoms. The zero-order valence-corrected chi connectivity index (χ0v) is 9.66. The van der Waals surface area contributed by atoms with E-state index in [4.69, 9.17) is 0 Å². The fourth-order valence-electron chi connectivity index (χ4n) is 2.24. The number of imide groups is 1. The van der Waals surface area contributed by atoms with Gasteiger partial charge in [-0.05, 0) is 25.8 Å². The number of rotatable bonds is 1. The van der Waals surface area contributed by atoms with E-state index in [-0.39, 0.29) is 11.8 Å². The van der Waals surface area contributed by atoms with Crippen LogP contribution < -0.4 is 10.6 Å². The highest BCUT2D eigenvalue weighted by Gasteiger charge is 2.48. The van der Waals surface area contributed by atoms with Crippen LogP contribution in [0.25, 0.3) is 0 Å². The van der Waals surface area contributed by atoms with Gasteiger partial charge >= 0.3 is 6.03 Å². The van der Waals surface area contributed by atoms with Gasteiger partial charge in [-0.2, -0.15) is 0 Å². The quantitative estimate of drug-likeness (QED) is 0.488. The molecule has 6 nitrogen and oxygen atoms in total. The Morgan fingerprint density at radius 3 is 2.47 bits per heavy atom. The van der Waals surface area contributed by atoms with E-state index in [2.05, 4.69) is 10.6 Å². The molecule has 2 saturated heterocycles. The molecule has 92 valence electrons. The minimum Gasteiger partial charge on any atom is -0.339 e. The van der Waals surface area contributed by atoms with E-state index in [0.29, 0.717) is 25.9 Å². The zero-order chi connectivity index (χ0) is 12.5. The van der Waals surface area contributed by atoms with Gasteiger partial charge in [0.1, 0.15) is 5.54 Å². The van der Waals surface area contributed by atoms with Crippen LogP contribution in [0.1, 0.15) is 19.8 Å². The molecule has 0 radical (unpaired) electrons. The van der Waals surface area contributed by atoms with Gasteiger partial charge in [0.2, 0.25) is 5.91 Å². The second-order valence-electron chi connectivity index (χ2n) is 4.32. The molecule has 2 N–H and O–H groups in total. The van der Waals surface area contributed by atoms with E-state index < -0.39 is 11.6 Å². The molecule has 4 amide bonds. The Kier molecular flexibility index (Phi) is 2.87. The Morgan fingerprint density at radius 2 is 2.00 bits per heavy atom. The van der Waals surface area contributed by atoms with Gasteiger partial charge < -0.3 is 10.2 Å². The number of hydrogen-bond acceptors (Lipinski definition) is 3. The lowest BCUT2D eigenvalue weighted by Crippen LogP contribution is -2.55. The molecule has 0 aromatic rings. The topological polar surface area (TPSA) is 78.5 Å². The van der Waals surface area contributed by atoms with Gasteiger partial charge in [-0.1, -0.05) is 6.08 Å². The van der Waals surface area contributed by atoms with Crippen molar-refractivity contribution < 1.29 is 14.4 Å². The first-order valence-corrected chi connectivity index (χ1v) is 5.62. The van der Waals surface area contributed by atoms with Crippen LogP contribution in [-0.2, 0) is 9.59 Å². The summed E-state index contributed by atoms with van der Waals surface area (Å²) in [6.07, 6.45) is 4.13. The standard InChI is InChI=1S/C11H15N3O3/c1-2-3-8(15)14-6-4-11(5-7-14)9(16)12-10(17)13-11/h2-3H,4-7H2,1H3,(H2,12,13,16,17). The van der Waals surface area contributed by atoms with Crippen molar-refractivity contribution in [3.8, 4) is 0 Å². The van der Waals surface area contributed by atoms with Crippen LogP contribution in [0.15, 0.2) is 12.2 Å². The summed E-state index contributed by atoms with van der Waals surface area (Å²) in [4.78, 5) is 36.0. The van der Waals surface area contributed by atoms with Crippen LogP contribution >= 0.6 is 0 Å². The highest BCUT2D eigenvalue weighted by Crippen LogP contribution is 2.25. The summed E-state index contributed by atoms with van der Waals surface area (Å²) in [5.41, 5.74) is -0.802. The summed E-state index contributed by atoms with van der Waals surface area (Å²) < 4.78 is 0. The first kappa shape index (κ1) is 11.6. The zero-order valence-electron chi connectivity index (χ0n) is 9.66. The van der Waals surface area contributed by atoms with Gasteiger partial charge in [0.15, 0.2) is 0 Å². The maximum absolute atomic E-state index is 11.7. The summed E-state index contributed by atoms with van der Waals surface area (Å²) in [5, 5.41) is 4.90. The van der Waals surface area contributed by atoms with E-state index in [9.17, 15) is 14.4 Å². The molecular weight excluding hydrogens is 222 g/mol. The van der Waals surface area contributed by atoms with Crippen molar-refractivity contribution in [2.24, 2.45) is 0 Å². The number of allylic oxidation sites excluding steroid dienone is 1. The molecule has 0 unspecified atom stereocenters. The maximum Gasteiger partial charge on any atom is 0.322 e. The van der Waals surface area contributed by atoms with Gasteiger partial charge in [0, 0.05) is 13.1 Å². The molecule has 6 heteroatoms. The van der Waals surface area contributed by atoms with Crippen LogP contribution in [0.2, 0.25) is 0 Å². The van der Waals surface area contributed by atoms with Gasteiger partial charge in [-0.25, -0.2) is 4.79 Å². The Hall–Kier alpha value is -1.85. The molecule has 0 saturated carbocycles. The predicted octanol–water partition coefficient (Wildman–Crippen LogP) is -0.237. The molecule has 0 aromatic heterocycles. The van der Waals surface area contributed by atoms with Gasteiger partial charge in [0.25, 0.3) is 5.91 Å². The molecule has 2 aliphatic rings. The third-order valence-corrected chi connectivity index (χ3v) is 3.25. The number of nitrogens with one attached hydrogen (secondary N) is 2. The summed E-state index contributed by atoms with van der Waals surface area (Å²) in [7, 11) is 0. The lowest BCUT2D eigenvalue weighted by molar-refractivity contribution is -0.132. The molecule has 2 heterocycles. The largest absolute Gasteiger partial charge is 0.339 e. The number of carbonyl (C=O) groups excluding carboxylic acids is 3. The van der Waals surface area contributed by atoms with E-state index in [1.54, 1.807) is 17.9 Å². The summed E-state index contributed by atoms with van der Waals surface area (Å²) in [6.45, 7) is 2.75. The number of carbonyl (C=O) groups is 3. The highest BCUT2D eigenvalue weighted by atomic mass is 16.2. The second-order valence-corrected chi connectivity index (χ2v) is 4.32. The number of amides is 4. The van der Waals surface area contributed by atoms with Crippen molar-refractivity contribution in [1.82, 2.24) is 15.5 Å². The van der Waals surface area contributed by atoms with E-state index in [1.165, 1.54) is 6.08 Å². The fourth-order valence-corrected chi connectivity index (χ4v) is 2.24. The van der Waals surface area contributed by atoms with Crippen LogP contribution in [-0.4, -0.2) is 41.4 Å². The van der Waals surface area contributed by atoms with E-state index in [1.807, 2.05) is 0 Å². The molecule has 0 atom stereocenters. The van der Waals surface area contributed by atoms with Crippen molar-refractivity contribution >= 4 is 17.8 Å². The summed E-state index contributed by atoms with van der Waals surface area (Å²) >= 11 is 0. The normalized spacial score (nSPS) is 23.0. The monoisotopic (exact) mass is 237 g/mol. The Bertz CT molecular complexity index is 395. The number of likely N-dealkylation sites (tertiary alicyclic amines) is 1. The third kappa shape index (κ3) is 2.02. The van der Waals surface area contributed by atoms with Crippen molar-refractivity contribution in [3.63, 3.8) is 0 Å². The van der Waals surface area contributed by atoms with Gasteiger partial charge in [0.05, 0.1) is 0 Å². The lowest BCUT2D eigenvalue weighted by Gasteiger charge is -2.36. The first-order chi connectivity index (χ1) is 8.07. The second kappa shape index (κ2) is 4.20. The van der Waals surface area contributed by atoms with Crippen molar-refractivity contribution in [2.45, 2.75) is 25.3 Å². The third-order valence-electron chi connectivity index (χ3n) is 3.25. The molecule has 2 aliphatic heterocycles. The van der Waals surface area contributed by atoms with Crippen molar-refractivity contribution in [3.05, 3.63) is 12.2 Å². The van der Waals surface area contributed by atoms with Crippen molar-refractivity contribution in [1.29, 1.82) is 0 Å². The minimum absolute atomic E-state index is 0.0490. The molecule has 0 aromatic carbocycles. The van der Waals surface area contributed by atoms with Gasteiger partial charge in [-0.3, -0.25) is 14.9 Å². The molecule has 17 heavy (non-hydrogen) atoms. The average molecular weight is 237 g/mol. The Morgan fingerprint density at radius 1 is 1.35 bits per heavy atom. The van der Waals surface area contributed by atoms with Crippen LogP contribution in [0.3, 0.4) is 0 Å². The molecular formula is C11H15N3O3. The lowest BCUT2D eigenvalue weighted by atomic mass is 9.88. The van der Waals surface area contributed by atoms with Gasteiger partial charge in [-0.15, -0.1) is 0 Å². The van der Waals surface area contributed by atoms with Crippen LogP contribution in [0, 0.1) is 0 Å². The SMILES string of the molecule is CC=CC(=O)N1CCC2(CC1)NC(=O)NC2=O. The number of nitrogens with zero attached hydrogens (tertiary/aromatic N) is 1. The predicted molar refractivity (Wildman–Crippen MR) is 60.0 cm³/mol. The number of hydrogen-bond donors (Lipinski definition) is 2. The number of urea groups is 1. The molecule has 0 bridgehead atoms. The summed E-state index contributed by atoms with van der Waals surface area (Å²) in [5.74, 6) is -0.326. The minimum atomic E-state index is -0.802.